The Morgan fingerprint density at radius 3 is 2.41 bits per heavy atom. The van der Waals surface area contributed by atoms with E-state index in [9.17, 15) is 19.7 Å². The molecule has 0 spiro atoms. The number of aromatic amines is 1. The number of imidazole rings is 1. The van der Waals surface area contributed by atoms with Gasteiger partial charge in [0, 0.05) is 29.1 Å². The topological polar surface area (TPSA) is 154 Å². The minimum atomic E-state index is -0.830. The number of carbonyl (C=O) groups excluding carboxylic acids is 2. The first kappa shape index (κ1) is 30.5. The van der Waals surface area contributed by atoms with Crippen LogP contribution in [0, 0.1) is 10.1 Å². The molecule has 5 aromatic rings. The number of H-pyrrole nitrogens is 1. The van der Waals surface area contributed by atoms with Crippen LogP contribution in [-0.4, -0.2) is 72.3 Å². The third-order valence-electron chi connectivity index (χ3n) is 8.15. The van der Waals surface area contributed by atoms with Gasteiger partial charge in [-0.15, -0.1) is 11.6 Å². The summed E-state index contributed by atoms with van der Waals surface area (Å²) in [7, 11) is 7.14. The molecule has 3 heterocycles. The average molecular weight is 649 g/mol. The van der Waals surface area contributed by atoms with Gasteiger partial charge < -0.3 is 38.9 Å². The predicted octanol–water partition coefficient (Wildman–Crippen LogP) is 5.88. The molecule has 1 aliphatic rings. The van der Waals surface area contributed by atoms with E-state index in [0.717, 1.165) is 22.0 Å². The fourth-order valence-electron chi connectivity index (χ4n) is 6.08. The third kappa shape index (κ3) is 4.60. The second-order valence-corrected chi connectivity index (χ2v) is 10.8. The van der Waals surface area contributed by atoms with Gasteiger partial charge in [0.05, 0.1) is 52.4 Å². The minimum absolute atomic E-state index is 0.0426. The molecule has 2 aromatic heterocycles. The van der Waals surface area contributed by atoms with Crippen LogP contribution in [0.15, 0.2) is 48.7 Å². The van der Waals surface area contributed by atoms with Crippen molar-refractivity contribution in [1.82, 2.24) is 14.5 Å². The Balaban J connectivity index is 1.55. The van der Waals surface area contributed by atoms with E-state index in [-0.39, 0.29) is 41.7 Å². The summed E-state index contributed by atoms with van der Waals surface area (Å²) in [6.07, 6.45) is 0.234. The van der Waals surface area contributed by atoms with Crippen molar-refractivity contribution in [2.45, 2.75) is 5.92 Å². The summed E-state index contributed by atoms with van der Waals surface area (Å²) in [5, 5.41) is 13.7. The van der Waals surface area contributed by atoms with Crippen molar-refractivity contribution in [3.63, 3.8) is 0 Å². The van der Waals surface area contributed by atoms with Gasteiger partial charge in [0.15, 0.2) is 11.5 Å². The van der Waals surface area contributed by atoms with Gasteiger partial charge in [-0.05, 0) is 34.1 Å². The lowest BCUT2D eigenvalue weighted by molar-refractivity contribution is -0.391. The molecule has 46 heavy (non-hydrogen) atoms. The number of anilines is 3. The number of nitro groups is 1. The number of amides is 2. The standard InChI is InChI=1S/C31H29ClN6O8/c1-35-24(38(41)42)14-33-30(35)37(31(40)46-5)21-12-22-25(19-9-7-6-8-18(19)21)17(13-32)15-36(22)29(39)20-10-16-11-23(43-2)27(44-3)28(45-4)26(16)34-20/h6-12,14,17,34H,13,15H2,1-5H3. The molecule has 0 radical (unpaired) electrons. The van der Waals surface area contributed by atoms with Crippen LogP contribution in [0.4, 0.5) is 27.9 Å². The molecule has 1 atom stereocenters. The van der Waals surface area contributed by atoms with E-state index in [1.165, 1.54) is 40.1 Å². The van der Waals surface area contributed by atoms with Gasteiger partial charge in [0.1, 0.15) is 11.9 Å². The number of hydrogen-bond donors (Lipinski definition) is 1. The number of rotatable bonds is 8. The highest BCUT2D eigenvalue weighted by Crippen LogP contribution is 2.48. The van der Waals surface area contributed by atoms with Crippen molar-refractivity contribution in [1.29, 1.82) is 0 Å². The van der Waals surface area contributed by atoms with Crippen LogP contribution >= 0.6 is 11.6 Å². The highest BCUT2D eigenvalue weighted by atomic mass is 35.5. The van der Waals surface area contributed by atoms with E-state index in [2.05, 4.69) is 9.97 Å². The molecule has 0 fully saturated rings. The maximum Gasteiger partial charge on any atom is 0.422 e. The molecule has 0 saturated heterocycles. The molecule has 0 saturated carbocycles. The van der Waals surface area contributed by atoms with Gasteiger partial charge in [0.2, 0.25) is 5.75 Å². The number of carbonyl (C=O) groups is 2. The largest absolute Gasteiger partial charge is 0.493 e. The molecule has 1 aliphatic heterocycles. The van der Waals surface area contributed by atoms with Crippen LogP contribution in [-0.2, 0) is 11.8 Å². The van der Waals surface area contributed by atoms with Crippen LogP contribution in [0.25, 0.3) is 21.7 Å². The Hall–Kier alpha value is -5.50. The first-order valence-electron chi connectivity index (χ1n) is 14.0. The fourth-order valence-corrected chi connectivity index (χ4v) is 6.33. The Morgan fingerprint density at radius 1 is 1.09 bits per heavy atom. The Morgan fingerprint density at radius 2 is 1.80 bits per heavy atom. The number of alkyl halides is 1. The van der Waals surface area contributed by atoms with Gasteiger partial charge >= 0.3 is 17.9 Å². The van der Waals surface area contributed by atoms with Crippen LogP contribution in [0.3, 0.4) is 0 Å². The second kappa shape index (κ2) is 11.8. The lowest BCUT2D eigenvalue weighted by atomic mass is 9.94. The first-order chi connectivity index (χ1) is 22.2. The van der Waals surface area contributed by atoms with Crippen molar-refractivity contribution in [3.05, 3.63) is 70.0 Å². The summed E-state index contributed by atoms with van der Waals surface area (Å²) >= 11 is 6.50. The molecule has 3 aromatic carbocycles. The number of halogens is 1. The van der Waals surface area contributed by atoms with Gasteiger partial charge in [-0.1, -0.05) is 24.3 Å². The molecule has 6 rings (SSSR count). The highest BCUT2D eigenvalue weighted by molar-refractivity contribution is 6.20. The molecular weight excluding hydrogens is 620 g/mol. The molecule has 1 N–H and O–H groups in total. The number of benzene rings is 3. The van der Waals surface area contributed by atoms with Gasteiger partial charge in [0.25, 0.3) is 5.91 Å². The Kier molecular flexibility index (Phi) is 7.82. The molecule has 1 unspecified atom stereocenters. The average Bonchev–Trinajstić information content (AvgIpc) is 3.78. The normalized spacial score (nSPS) is 14.0. The van der Waals surface area contributed by atoms with E-state index in [1.54, 1.807) is 23.1 Å². The number of nitrogens with zero attached hydrogens (tertiary/aromatic N) is 5. The first-order valence-corrected chi connectivity index (χ1v) is 14.5. The van der Waals surface area contributed by atoms with E-state index in [1.807, 2.05) is 24.3 Å². The van der Waals surface area contributed by atoms with Crippen molar-refractivity contribution in [2.75, 3.05) is 50.7 Å². The Bertz CT molecular complexity index is 2040. The minimum Gasteiger partial charge on any atom is -0.493 e. The summed E-state index contributed by atoms with van der Waals surface area (Å²) in [6, 6.07) is 12.5. The van der Waals surface area contributed by atoms with Crippen molar-refractivity contribution < 1.29 is 33.5 Å². The Labute approximate surface area is 267 Å². The van der Waals surface area contributed by atoms with Crippen LogP contribution in [0.5, 0.6) is 17.2 Å². The molecule has 14 nitrogen and oxygen atoms in total. The maximum atomic E-state index is 14.3. The number of nitrogens with one attached hydrogen (secondary N) is 1. The zero-order valence-corrected chi connectivity index (χ0v) is 26.2. The third-order valence-corrected chi connectivity index (χ3v) is 8.52. The van der Waals surface area contributed by atoms with Gasteiger partial charge in [-0.25, -0.2) is 4.79 Å². The zero-order chi connectivity index (χ0) is 32.9. The molecule has 0 aliphatic carbocycles. The molecular formula is C31H29ClN6O8. The van der Waals surface area contributed by atoms with Gasteiger partial charge in [-0.2, -0.15) is 14.5 Å². The number of aromatic nitrogens is 3. The van der Waals surface area contributed by atoms with E-state index in [0.29, 0.717) is 44.9 Å². The second-order valence-electron chi connectivity index (χ2n) is 10.5. The van der Waals surface area contributed by atoms with Crippen molar-refractivity contribution in [3.8, 4) is 17.2 Å². The molecule has 238 valence electrons. The SMILES string of the molecule is COC(=O)N(c1cc2c(c3ccccc13)C(CCl)CN2C(=O)c1cc2cc(OC)c(OC)c(OC)c2[nH]1)c1ncc([N+](=O)[O-])n1C. The molecule has 0 bridgehead atoms. The quantitative estimate of drug-likeness (QED) is 0.123. The van der Waals surface area contributed by atoms with E-state index >= 15 is 0 Å². The van der Waals surface area contributed by atoms with Gasteiger partial charge in [-0.3, -0.25) is 4.79 Å². The summed E-state index contributed by atoms with van der Waals surface area (Å²) in [5.41, 5.74) is 2.47. The number of ether oxygens (including phenoxy) is 4. The van der Waals surface area contributed by atoms with Crippen LogP contribution < -0.4 is 24.0 Å². The van der Waals surface area contributed by atoms with E-state index < -0.39 is 11.0 Å². The predicted molar refractivity (Wildman–Crippen MR) is 171 cm³/mol. The fraction of sp³-hybridized carbons (Fsp3) is 0.258. The van der Waals surface area contributed by atoms with E-state index in [4.69, 9.17) is 30.5 Å². The lowest BCUT2D eigenvalue weighted by Gasteiger charge is -2.23. The molecule has 15 heteroatoms. The summed E-state index contributed by atoms with van der Waals surface area (Å²) in [5.74, 6) is 0.453. The number of fused-ring (bicyclic) bond motifs is 4. The van der Waals surface area contributed by atoms with Crippen molar-refractivity contribution >= 4 is 68.4 Å². The zero-order valence-electron chi connectivity index (χ0n) is 25.5. The summed E-state index contributed by atoms with van der Waals surface area (Å²) < 4.78 is 22.9. The van der Waals surface area contributed by atoms with Crippen molar-refractivity contribution in [2.24, 2.45) is 7.05 Å². The smallest absolute Gasteiger partial charge is 0.422 e. The monoisotopic (exact) mass is 648 g/mol. The molecule has 2 amide bonds. The summed E-state index contributed by atoms with van der Waals surface area (Å²) in [4.78, 5) is 48.8. The highest BCUT2D eigenvalue weighted by Gasteiger charge is 2.38. The maximum absolute atomic E-state index is 14.3. The lowest BCUT2D eigenvalue weighted by Crippen LogP contribution is -2.31. The van der Waals surface area contributed by atoms with Crippen LogP contribution in [0.2, 0.25) is 0 Å². The van der Waals surface area contributed by atoms with Crippen LogP contribution in [0.1, 0.15) is 22.0 Å². The number of methoxy groups -OCH3 is 4. The summed E-state index contributed by atoms with van der Waals surface area (Å²) in [6.45, 7) is 0.260. The number of hydrogen-bond acceptors (Lipinski definition) is 9.